The molecule has 0 saturated carbocycles. The number of hydrogen-bond acceptors (Lipinski definition) is 3. The Hall–Kier alpha value is -1.32. The van der Waals surface area contributed by atoms with Crippen molar-refractivity contribution >= 4 is 11.9 Å². The maximum Gasteiger partial charge on any atom is 0.306 e. The standard InChI is InChI=1S/C21H38O4/c1-2-19-25-21(24)18-16-14-12-10-8-6-4-3-5-7-9-11-13-15-17-20(22)23/h2H,1,3-19H2,(H,22,23). The number of carbonyl (C=O) groups is 2. The summed E-state index contributed by atoms with van der Waals surface area (Å²) in [6.07, 6.45) is 19.1. The van der Waals surface area contributed by atoms with Gasteiger partial charge >= 0.3 is 11.9 Å². The molecule has 1 N–H and O–H groups in total. The summed E-state index contributed by atoms with van der Waals surface area (Å²) in [6, 6.07) is 0. The summed E-state index contributed by atoms with van der Waals surface area (Å²) in [5, 5.41) is 8.55. The Morgan fingerprint density at radius 1 is 0.680 bits per heavy atom. The minimum atomic E-state index is -0.675. The highest BCUT2D eigenvalue weighted by molar-refractivity contribution is 5.69. The van der Waals surface area contributed by atoms with Crippen molar-refractivity contribution in [3.8, 4) is 0 Å². The highest BCUT2D eigenvalue weighted by Gasteiger charge is 2.01. The average molecular weight is 355 g/mol. The van der Waals surface area contributed by atoms with E-state index in [2.05, 4.69) is 6.58 Å². The van der Waals surface area contributed by atoms with Gasteiger partial charge in [-0.05, 0) is 12.8 Å². The zero-order valence-corrected chi connectivity index (χ0v) is 16.0. The van der Waals surface area contributed by atoms with Gasteiger partial charge in [0, 0.05) is 12.8 Å². The first-order valence-corrected chi connectivity index (χ1v) is 10.1. The number of rotatable bonds is 19. The predicted molar refractivity (Wildman–Crippen MR) is 103 cm³/mol. The molecule has 0 radical (unpaired) electrons. The van der Waals surface area contributed by atoms with Crippen molar-refractivity contribution in [3.05, 3.63) is 12.7 Å². The van der Waals surface area contributed by atoms with Gasteiger partial charge in [-0.25, -0.2) is 0 Å². The molecule has 0 rings (SSSR count). The molecule has 0 saturated heterocycles. The molecule has 0 spiro atoms. The average Bonchev–Trinajstić information content (AvgIpc) is 2.59. The van der Waals surface area contributed by atoms with Crippen molar-refractivity contribution < 1.29 is 19.4 Å². The van der Waals surface area contributed by atoms with Crippen molar-refractivity contribution in [3.63, 3.8) is 0 Å². The number of unbranched alkanes of at least 4 members (excludes halogenated alkanes) is 13. The van der Waals surface area contributed by atoms with Crippen LogP contribution in [0.4, 0.5) is 0 Å². The van der Waals surface area contributed by atoms with Crippen LogP contribution >= 0.6 is 0 Å². The van der Waals surface area contributed by atoms with E-state index in [-0.39, 0.29) is 5.97 Å². The Balaban J connectivity index is 3.08. The molecule has 0 aromatic carbocycles. The number of carboxylic acids is 1. The Morgan fingerprint density at radius 2 is 1.04 bits per heavy atom. The molecule has 0 aromatic heterocycles. The summed E-state index contributed by atoms with van der Waals surface area (Å²) >= 11 is 0. The van der Waals surface area contributed by atoms with Gasteiger partial charge in [0.05, 0.1) is 0 Å². The van der Waals surface area contributed by atoms with Crippen LogP contribution in [0.25, 0.3) is 0 Å². The van der Waals surface area contributed by atoms with E-state index in [1.54, 1.807) is 6.08 Å². The van der Waals surface area contributed by atoms with Gasteiger partial charge in [-0.3, -0.25) is 9.59 Å². The fraction of sp³-hybridized carbons (Fsp3) is 0.810. The fourth-order valence-electron chi connectivity index (χ4n) is 2.89. The molecule has 0 fully saturated rings. The second-order valence-corrected chi connectivity index (χ2v) is 6.82. The number of carbonyl (C=O) groups excluding carboxylic acids is 1. The molecular formula is C21H38O4. The highest BCUT2D eigenvalue weighted by Crippen LogP contribution is 2.13. The number of hydrogen-bond donors (Lipinski definition) is 1. The van der Waals surface area contributed by atoms with Gasteiger partial charge in [0.1, 0.15) is 6.61 Å². The van der Waals surface area contributed by atoms with E-state index in [0.717, 1.165) is 25.7 Å². The smallest absolute Gasteiger partial charge is 0.306 e. The summed E-state index contributed by atoms with van der Waals surface area (Å²) in [4.78, 5) is 21.6. The van der Waals surface area contributed by atoms with Gasteiger partial charge in [0.2, 0.25) is 0 Å². The molecule has 0 bridgehead atoms. The molecule has 0 aliphatic carbocycles. The lowest BCUT2D eigenvalue weighted by Crippen LogP contribution is -2.03. The van der Waals surface area contributed by atoms with Crippen LogP contribution in [-0.4, -0.2) is 23.7 Å². The molecule has 4 heteroatoms. The summed E-state index contributed by atoms with van der Waals surface area (Å²) in [6.45, 7) is 3.84. The van der Waals surface area contributed by atoms with Gasteiger partial charge in [-0.2, -0.15) is 0 Å². The molecule has 25 heavy (non-hydrogen) atoms. The Kier molecular flexibility index (Phi) is 18.0. The van der Waals surface area contributed by atoms with Gasteiger partial charge in [0.25, 0.3) is 0 Å². The number of ether oxygens (including phenoxy) is 1. The van der Waals surface area contributed by atoms with Crippen LogP contribution in [0.5, 0.6) is 0 Å². The maximum atomic E-state index is 11.3. The lowest BCUT2D eigenvalue weighted by molar-refractivity contribution is -0.142. The van der Waals surface area contributed by atoms with Gasteiger partial charge < -0.3 is 9.84 Å². The van der Waals surface area contributed by atoms with Crippen LogP contribution in [0.1, 0.15) is 103 Å². The zero-order chi connectivity index (χ0) is 18.6. The lowest BCUT2D eigenvalue weighted by Gasteiger charge is -2.04. The quantitative estimate of drug-likeness (QED) is 0.174. The monoisotopic (exact) mass is 354 g/mol. The van der Waals surface area contributed by atoms with Crippen LogP contribution in [0.3, 0.4) is 0 Å². The summed E-state index contributed by atoms with van der Waals surface area (Å²) in [5.41, 5.74) is 0. The van der Waals surface area contributed by atoms with Crippen LogP contribution in [0.15, 0.2) is 12.7 Å². The lowest BCUT2D eigenvalue weighted by atomic mass is 10.0. The zero-order valence-electron chi connectivity index (χ0n) is 16.0. The van der Waals surface area contributed by atoms with Crippen molar-refractivity contribution in [1.29, 1.82) is 0 Å². The molecule has 0 aliphatic rings. The van der Waals surface area contributed by atoms with Crippen LogP contribution in [0, 0.1) is 0 Å². The van der Waals surface area contributed by atoms with E-state index in [0.29, 0.717) is 19.4 Å². The van der Waals surface area contributed by atoms with E-state index < -0.39 is 5.97 Å². The normalized spacial score (nSPS) is 10.6. The largest absolute Gasteiger partial charge is 0.481 e. The summed E-state index contributed by atoms with van der Waals surface area (Å²) in [5.74, 6) is -0.784. The van der Waals surface area contributed by atoms with Crippen LogP contribution < -0.4 is 0 Å². The predicted octanol–water partition coefficient (Wildman–Crippen LogP) is 6.04. The minimum Gasteiger partial charge on any atom is -0.481 e. The number of aliphatic carboxylic acids is 1. The first-order valence-electron chi connectivity index (χ1n) is 10.1. The topological polar surface area (TPSA) is 63.6 Å². The number of carboxylic acid groups (broad SMARTS) is 1. The van der Waals surface area contributed by atoms with Crippen molar-refractivity contribution in [1.82, 2.24) is 0 Å². The second-order valence-electron chi connectivity index (χ2n) is 6.82. The molecule has 4 nitrogen and oxygen atoms in total. The summed E-state index contributed by atoms with van der Waals surface area (Å²) < 4.78 is 4.94. The molecule has 146 valence electrons. The molecule has 0 heterocycles. The van der Waals surface area contributed by atoms with Gasteiger partial charge in [-0.15, -0.1) is 0 Å². The van der Waals surface area contributed by atoms with E-state index in [9.17, 15) is 9.59 Å². The van der Waals surface area contributed by atoms with Crippen LogP contribution in [0.2, 0.25) is 0 Å². The third-order valence-corrected chi connectivity index (χ3v) is 4.38. The molecular weight excluding hydrogens is 316 g/mol. The molecule has 0 unspecified atom stereocenters. The van der Waals surface area contributed by atoms with Crippen molar-refractivity contribution in [2.24, 2.45) is 0 Å². The highest BCUT2D eigenvalue weighted by atomic mass is 16.5. The number of esters is 1. The third kappa shape index (κ3) is 20.6. The SMILES string of the molecule is C=CCOC(=O)CCCCCCCCCCCCCCCCC(=O)O. The third-order valence-electron chi connectivity index (χ3n) is 4.38. The Bertz CT molecular complexity index is 339. The van der Waals surface area contributed by atoms with E-state index in [1.807, 2.05) is 0 Å². The van der Waals surface area contributed by atoms with Crippen molar-refractivity contribution in [2.75, 3.05) is 6.61 Å². The summed E-state index contributed by atoms with van der Waals surface area (Å²) in [7, 11) is 0. The second kappa shape index (κ2) is 19.0. The molecule has 0 aliphatic heterocycles. The maximum absolute atomic E-state index is 11.3. The van der Waals surface area contributed by atoms with Gasteiger partial charge in [-0.1, -0.05) is 89.7 Å². The minimum absolute atomic E-state index is 0.109. The fourth-order valence-corrected chi connectivity index (χ4v) is 2.89. The first-order chi connectivity index (χ1) is 12.2. The van der Waals surface area contributed by atoms with E-state index in [4.69, 9.17) is 9.84 Å². The first kappa shape index (κ1) is 23.7. The van der Waals surface area contributed by atoms with E-state index in [1.165, 1.54) is 64.2 Å². The van der Waals surface area contributed by atoms with E-state index >= 15 is 0 Å². The Morgan fingerprint density at radius 3 is 1.40 bits per heavy atom. The molecule has 0 atom stereocenters. The Labute approximate surface area is 154 Å². The van der Waals surface area contributed by atoms with Gasteiger partial charge in [0.15, 0.2) is 0 Å². The molecule has 0 aromatic rings. The van der Waals surface area contributed by atoms with Crippen molar-refractivity contribution in [2.45, 2.75) is 103 Å². The molecule has 0 amide bonds. The van der Waals surface area contributed by atoms with Crippen LogP contribution in [-0.2, 0) is 14.3 Å².